The Morgan fingerprint density at radius 1 is 1.11 bits per heavy atom. The maximum atomic E-state index is 13.1. The number of nitrogens with zero attached hydrogens (tertiary/aromatic N) is 1. The molecule has 0 aromatic heterocycles. The molecule has 6 heteroatoms. The van der Waals surface area contributed by atoms with Crippen molar-refractivity contribution in [1.29, 1.82) is 0 Å². The minimum absolute atomic E-state index is 0.113. The quantitative estimate of drug-likeness (QED) is 0.518. The number of fused-ring (bicyclic) bond motifs is 1. The van der Waals surface area contributed by atoms with Crippen LogP contribution in [0.2, 0.25) is 0 Å². The van der Waals surface area contributed by atoms with E-state index in [9.17, 15) is 14.0 Å². The van der Waals surface area contributed by atoms with Crippen molar-refractivity contribution in [2.24, 2.45) is 0 Å². The number of rotatable bonds is 7. The van der Waals surface area contributed by atoms with Crippen LogP contribution >= 0.6 is 0 Å². The van der Waals surface area contributed by atoms with Crippen molar-refractivity contribution in [3.63, 3.8) is 0 Å². The summed E-state index contributed by atoms with van der Waals surface area (Å²) >= 11 is 0. The molecule has 0 aliphatic carbocycles. The number of carbonyl (C=O) groups excluding carboxylic acids is 2. The van der Waals surface area contributed by atoms with Gasteiger partial charge in [-0.2, -0.15) is 0 Å². The lowest BCUT2D eigenvalue weighted by Gasteiger charge is -2.38. The van der Waals surface area contributed by atoms with Crippen LogP contribution in [-0.4, -0.2) is 29.4 Å². The monoisotopic (exact) mass is 474 g/mol. The van der Waals surface area contributed by atoms with Crippen molar-refractivity contribution >= 4 is 11.8 Å². The molecule has 2 amide bonds. The number of hydrogen-bond donors (Lipinski definition) is 1. The minimum Gasteiger partial charge on any atom is -0.481 e. The van der Waals surface area contributed by atoms with E-state index in [0.29, 0.717) is 25.3 Å². The highest BCUT2D eigenvalue weighted by Gasteiger charge is 2.32. The maximum absolute atomic E-state index is 13.1. The average Bonchev–Trinajstić information content (AvgIpc) is 2.86. The summed E-state index contributed by atoms with van der Waals surface area (Å²) in [5.74, 6) is 0.121. The van der Waals surface area contributed by atoms with Crippen LogP contribution in [0, 0.1) is 12.7 Å². The fourth-order valence-corrected chi connectivity index (χ4v) is 4.53. The van der Waals surface area contributed by atoms with Crippen LogP contribution in [0.25, 0.3) is 0 Å². The largest absolute Gasteiger partial charge is 0.481 e. The molecule has 35 heavy (non-hydrogen) atoms. The van der Waals surface area contributed by atoms with E-state index in [0.717, 1.165) is 28.7 Å². The highest BCUT2D eigenvalue weighted by Crippen LogP contribution is 2.38. The van der Waals surface area contributed by atoms with Crippen LogP contribution < -0.4 is 10.1 Å². The highest BCUT2D eigenvalue weighted by molar-refractivity contribution is 5.80. The Hall–Kier alpha value is -3.67. The van der Waals surface area contributed by atoms with Gasteiger partial charge >= 0.3 is 0 Å². The summed E-state index contributed by atoms with van der Waals surface area (Å²) in [7, 11) is 0. The maximum Gasteiger partial charge on any atom is 0.261 e. The summed E-state index contributed by atoms with van der Waals surface area (Å²) in [6, 6.07) is 19.9. The molecule has 1 aliphatic heterocycles. The van der Waals surface area contributed by atoms with Crippen LogP contribution in [0.1, 0.15) is 54.1 Å². The zero-order valence-corrected chi connectivity index (χ0v) is 20.4. The van der Waals surface area contributed by atoms with Gasteiger partial charge in [0.25, 0.3) is 5.91 Å². The predicted octanol–water partition coefficient (Wildman–Crippen LogP) is 5.10. The van der Waals surface area contributed by atoms with Gasteiger partial charge in [0.05, 0.1) is 6.04 Å². The number of halogens is 1. The van der Waals surface area contributed by atoms with Crippen molar-refractivity contribution < 1.29 is 18.7 Å². The number of hydrogen-bond acceptors (Lipinski definition) is 3. The van der Waals surface area contributed by atoms with Crippen molar-refractivity contribution in [3.05, 3.63) is 100 Å². The van der Waals surface area contributed by atoms with Crippen molar-refractivity contribution in [1.82, 2.24) is 10.2 Å². The lowest BCUT2D eigenvalue weighted by Crippen LogP contribution is -2.40. The number of aryl methyl sites for hydroxylation is 1. The Bertz CT molecular complexity index is 1210. The first kappa shape index (κ1) is 24.5. The summed E-state index contributed by atoms with van der Waals surface area (Å²) < 4.78 is 19.1. The second-order valence-corrected chi connectivity index (χ2v) is 8.97. The minimum atomic E-state index is -0.720. The van der Waals surface area contributed by atoms with E-state index in [1.165, 1.54) is 17.7 Å². The van der Waals surface area contributed by atoms with Crippen LogP contribution in [0.5, 0.6) is 5.75 Å². The first-order chi connectivity index (χ1) is 16.9. The molecular weight excluding hydrogens is 443 g/mol. The number of carbonyl (C=O) groups is 2. The molecule has 3 aromatic carbocycles. The molecule has 1 heterocycles. The average molecular weight is 475 g/mol. The van der Waals surface area contributed by atoms with Gasteiger partial charge in [-0.25, -0.2) is 4.39 Å². The van der Waals surface area contributed by atoms with E-state index in [1.54, 1.807) is 19.1 Å². The molecule has 1 aliphatic rings. The third-order valence-electron chi connectivity index (χ3n) is 6.39. The number of benzene rings is 3. The van der Waals surface area contributed by atoms with E-state index in [-0.39, 0.29) is 23.7 Å². The van der Waals surface area contributed by atoms with Crippen LogP contribution in [0.3, 0.4) is 0 Å². The molecule has 0 radical (unpaired) electrons. The third kappa shape index (κ3) is 5.70. The van der Waals surface area contributed by atoms with E-state index in [1.807, 2.05) is 49.1 Å². The van der Waals surface area contributed by atoms with Gasteiger partial charge in [-0.1, -0.05) is 55.0 Å². The van der Waals surface area contributed by atoms with Crippen molar-refractivity contribution in [2.75, 3.05) is 6.54 Å². The van der Waals surface area contributed by atoms with E-state index in [2.05, 4.69) is 17.4 Å². The van der Waals surface area contributed by atoms with Gasteiger partial charge in [0.2, 0.25) is 5.91 Å². The van der Waals surface area contributed by atoms with Crippen LogP contribution in [0.4, 0.5) is 4.39 Å². The molecule has 5 nitrogen and oxygen atoms in total. The molecule has 0 spiro atoms. The molecule has 2 unspecified atom stereocenters. The SMILES string of the molecule is CCC(=O)N1CCc2ccc(OC(C)C(=O)NCc3ccc(F)cc3)cc2C1c1cccc(C)c1. The summed E-state index contributed by atoms with van der Waals surface area (Å²) in [5.41, 5.74) is 5.22. The second-order valence-electron chi connectivity index (χ2n) is 8.97. The molecule has 0 bridgehead atoms. The summed E-state index contributed by atoms with van der Waals surface area (Å²) in [4.78, 5) is 27.4. The third-order valence-corrected chi connectivity index (χ3v) is 6.39. The van der Waals surface area contributed by atoms with Gasteiger partial charge in [-0.05, 0) is 66.8 Å². The predicted molar refractivity (Wildman–Crippen MR) is 134 cm³/mol. The van der Waals surface area contributed by atoms with Gasteiger partial charge in [0.15, 0.2) is 6.10 Å². The molecule has 0 saturated carbocycles. The molecule has 0 saturated heterocycles. The lowest BCUT2D eigenvalue weighted by atomic mass is 9.87. The number of nitrogens with one attached hydrogen (secondary N) is 1. The zero-order chi connectivity index (χ0) is 24.9. The van der Waals surface area contributed by atoms with E-state index >= 15 is 0 Å². The van der Waals surface area contributed by atoms with Gasteiger partial charge in [0.1, 0.15) is 11.6 Å². The molecule has 4 rings (SSSR count). The summed E-state index contributed by atoms with van der Waals surface area (Å²) in [6.07, 6.45) is 0.499. The molecule has 3 aromatic rings. The Balaban J connectivity index is 1.54. The van der Waals surface area contributed by atoms with Crippen LogP contribution in [-0.2, 0) is 22.6 Å². The highest BCUT2D eigenvalue weighted by atomic mass is 19.1. The standard InChI is InChI=1S/C29H31FN2O3/c1-4-27(33)32-15-14-22-10-13-25(17-26(22)28(32)23-7-5-6-19(2)16-23)35-20(3)29(34)31-18-21-8-11-24(30)12-9-21/h5-13,16-17,20,28H,4,14-15,18H2,1-3H3,(H,31,34). The normalized spacial score (nSPS) is 15.8. The van der Waals surface area contributed by atoms with Gasteiger partial charge in [0, 0.05) is 19.5 Å². The van der Waals surface area contributed by atoms with E-state index < -0.39 is 6.10 Å². The Labute approximate surface area is 205 Å². The van der Waals surface area contributed by atoms with Crippen LogP contribution in [0.15, 0.2) is 66.7 Å². The van der Waals surface area contributed by atoms with Gasteiger partial charge in [-0.3, -0.25) is 9.59 Å². The topological polar surface area (TPSA) is 58.6 Å². The number of ether oxygens (including phenoxy) is 1. The molecule has 182 valence electrons. The smallest absolute Gasteiger partial charge is 0.261 e. The number of amides is 2. The Morgan fingerprint density at radius 3 is 2.60 bits per heavy atom. The fraction of sp³-hybridized carbons (Fsp3) is 0.310. The van der Waals surface area contributed by atoms with Gasteiger partial charge < -0.3 is 15.0 Å². The van der Waals surface area contributed by atoms with E-state index in [4.69, 9.17) is 4.74 Å². The molecular formula is C29H31FN2O3. The fourth-order valence-electron chi connectivity index (χ4n) is 4.53. The Kier molecular flexibility index (Phi) is 7.49. The summed E-state index contributed by atoms with van der Waals surface area (Å²) in [5, 5.41) is 2.83. The van der Waals surface area contributed by atoms with Crippen molar-refractivity contribution in [3.8, 4) is 5.75 Å². The first-order valence-corrected chi connectivity index (χ1v) is 12.0. The Morgan fingerprint density at radius 2 is 1.89 bits per heavy atom. The molecule has 1 N–H and O–H groups in total. The zero-order valence-electron chi connectivity index (χ0n) is 20.4. The molecule has 0 fully saturated rings. The first-order valence-electron chi connectivity index (χ1n) is 12.0. The lowest BCUT2D eigenvalue weighted by molar-refractivity contribution is -0.133. The van der Waals surface area contributed by atoms with Crippen molar-refractivity contribution in [2.45, 2.75) is 52.3 Å². The van der Waals surface area contributed by atoms with Gasteiger partial charge in [-0.15, -0.1) is 0 Å². The molecule has 2 atom stereocenters. The summed E-state index contributed by atoms with van der Waals surface area (Å²) in [6.45, 7) is 6.59. The second kappa shape index (κ2) is 10.7.